The second-order valence-corrected chi connectivity index (χ2v) is 4.75. The summed E-state index contributed by atoms with van der Waals surface area (Å²) >= 11 is 0. The number of H-pyrrole nitrogens is 1. The summed E-state index contributed by atoms with van der Waals surface area (Å²) in [5.74, 6) is 0. The maximum Gasteiger partial charge on any atom is 0.0489 e. The molecule has 3 rings (SSSR count). The third-order valence-electron chi connectivity index (χ3n) is 3.80. The van der Waals surface area contributed by atoms with Crippen molar-refractivity contribution >= 4 is 10.9 Å². The Bertz CT molecular complexity index is 525. The minimum absolute atomic E-state index is 0.510. The zero-order valence-corrected chi connectivity index (χ0v) is 9.93. The van der Waals surface area contributed by atoms with Crippen molar-refractivity contribution in [2.45, 2.75) is 32.2 Å². The Morgan fingerprint density at radius 3 is 3.06 bits per heavy atom. The van der Waals surface area contributed by atoms with Gasteiger partial charge < -0.3 is 10.3 Å². The lowest BCUT2D eigenvalue weighted by Crippen LogP contribution is -2.21. The number of aromatic amines is 1. The molecule has 1 aliphatic rings. The molecule has 0 spiro atoms. The fourth-order valence-corrected chi connectivity index (χ4v) is 2.92. The molecule has 2 nitrogen and oxygen atoms in total. The lowest BCUT2D eigenvalue weighted by atomic mass is 9.91. The van der Waals surface area contributed by atoms with E-state index in [0.717, 1.165) is 0 Å². The molecule has 0 saturated carbocycles. The Hall–Kier alpha value is -1.28. The van der Waals surface area contributed by atoms with Gasteiger partial charge in [0.25, 0.3) is 0 Å². The van der Waals surface area contributed by atoms with Crippen LogP contribution in [0, 0.1) is 6.92 Å². The van der Waals surface area contributed by atoms with E-state index in [9.17, 15) is 0 Å². The number of nitrogens with one attached hydrogen (secondary N) is 2. The van der Waals surface area contributed by atoms with E-state index in [1.54, 1.807) is 0 Å². The predicted octanol–water partition coefficient (Wildman–Crippen LogP) is 3.07. The zero-order chi connectivity index (χ0) is 11.1. The average Bonchev–Trinajstić information content (AvgIpc) is 2.69. The van der Waals surface area contributed by atoms with Crippen LogP contribution in [-0.4, -0.2) is 12.0 Å². The van der Waals surface area contributed by atoms with Crippen molar-refractivity contribution in [2.24, 2.45) is 0 Å². The number of aromatic nitrogens is 1. The predicted molar refractivity (Wildman–Crippen MR) is 67.8 cm³/mol. The first-order chi connectivity index (χ1) is 7.81. The van der Waals surface area contributed by atoms with Crippen molar-refractivity contribution in [1.82, 2.24) is 10.3 Å². The van der Waals surface area contributed by atoms with Gasteiger partial charge in [-0.3, -0.25) is 0 Å². The smallest absolute Gasteiger partial charge is 0.0489 e. The normalized spacial score (nSPS) is 20.0. The fourth-order valence-electron chi connectivity index (χ4n) is 2.92. The van der Waals surface area contributed by atoms with Crippen LogP contribution in [0.15, 0.2) is 18.2 Å². The molecule has 1 aromatic heterocycles. The molecule has 1 aliphatic carbocycles. The molecule has 0 fully saturated rings. The Balaban J connectivity index is 2.28. The van der Waals surface area contributed by atoms with Gasteiger partial charge in [0.15, 0.2) is 0 Å². The molecule has 2 aromatic rings. The van der Waals surface area contributed by atoms with Gasteiger partial charge in [-0.2, -0.15) is 0 Å². The first-order valence-corrected chi connectivity index (χ1v) is 6.08. The Labute approximate surface area is 96.1 Å². The highest BCUT2D eigenvalue weighted by Gasteiger charge is 2.22. The number of hydrogen-bond donors (Lipinski definition) is 2. The van der Waals surface area contributed by atoms with Crippen LogP contribution in [0.2, 0.25) is 0 Å². The molecule has 2 N–H and O–H groups in total. The van der Waals surface area contributed by atoms with Crippen LogP contribution in [0.5, 0.6) is 0 Å². The van der Waals surface area contributed by atoms with Crippen molar-refractivity contribution < 1.29 is 0 Å². The van der Waals surface area contributed by atoms with Gasteiger partial charge in [-0.15, -0.1) is 0 Å². The van der Waals surface area contributed by atoms with Crippen LogP contribution in [0.4, 0.5) is 0 Å². The molecule has 0 bridgehead atoms. The second kappa shape index (κ2) is 3.63. The molecule has 84 valence electrons. The highest BCUT2D eigenvalue weighted by molar-refractivity contribution is 5.87. The third kappa shape index (κ3) is 1.30. The quantitative estimate of drug-likeness (QED) is 0.750. The minimum Gasteiger partial charge on any atom is -0.357 e. The lowest BCUT2D eigenvalue weighted by molar-refractivity contribution is 0.489. The van der Waals surface area contributed by atoms with Crippen LogP contribution in [0.3, 0.4) is 0 Å². The number of benzene rings is 1. The van der Waals surface area contributed by atoms with E-state index < -0.39 is 0 Å². The van der Waals surface area contributed by atoms with Gasteiger partial charge in [0.2, 0.25) is 0 Å². The van der Waals surface area contributed by atoms with E-state index in [1.165, 1.54) is 47.0 Å². The molecular weight excluding hydrogens is 196 g/mol. The summed E-state index contributed by atoms with van der Waals surface area (Å²) in [7, 11) is 2.05. The number of para-hydroxylation sites is 1. The number of aryl methyl sites for hydroxylation is 2. The third-order valence-corrected chi connectivity index (χ3v) is 3.80. The molecule has 0 radical (unpaired) electrons. The van der Waals surface area contributed by atoms with Gasteiger partial charge in [0, 0.05) is 22.6 Å². The highest BCUT2D eigenvalue weighted by atomic mass is 14.9. The van der Waals surface area contributed by atoms with Gasteiger partial charge in [0.1, 0.15) is 0 Å². The molecular formula is C14H18N2. The summed E-state index contributed by atoms with van der Waals surface area (Å²) in [6.45, 7) is 2.18. The van der Waals surface area contributed by atoms with E-state index in [4.69, 9.17) is 0 Å². The van der Waals surface area contributed by atoms with Gasteiger partial charge in [-0.25, -0.2) is 0 Å². The van der Waals surface area contributed by atoms with Gasteiger partial charge in [-0.1, -0.05) is 18.2 Å². The maximum absolute atomic E-state index is 3.62. The SMILES string of the molecule is CNC1CCCc2c1[nH]c1c(C)cccc21. The standard InChI is InChI=1S/C14H18N2/c1-9-5-3-6-10-11-7-4-8-12(15-2)14(11)16-13(9)10/h3,5-6,12,15-16H,4,7-8H2,1-2H3. The van der Waals surface area contributed by atoms with E-state index in [0.29, 0.717) is 6.04 Å². The first kappa shape index (κ1) is 9.91. The number of hydrogen-bond acceptors (Lipinski definition) is 1. The first-order valence-electron chi connectivity index (χ1n) is 6.08. The molecule has 0 amide bonds. The van der Waals surface area contributed by atoms with Crippen LogP contribution >= 0.6 is 0 Å². The number of rotatable bonds is 1. The summed E-state index contributed by atoms with van der Waals surface area (Å²) in [5.41, 5.74) is 5.62. The van der Waals surface area contributed by atoms with Crippen LogP contribution in [0.25, 0.3) is 10.9 Å². The Kier molecular flexibility index (Phi) is 2.25. The minimum atomic E-state index is 0.510. The van der Waals surface area contributed by atoms with E-state index in [1.807, 2.05) is 0 Å². The summed E-state index contributed by atoms with van der Waals surface area (Å²) in [6.07, 6.45) is 3.76. The van der Waals surface area contributed by atoms with Crippen molar-refractivity contribution in [3.8, 4) is 0 Å². The summed E-state index contributed by atoms with van der Waals surface area (Å²) in [6, 6.07) is 7.10. The van der Waals surface area contributed by atoms with Crippen molar-refractivity contribution in [3.63, 3.8) is 0 Å². The topological polar surface area (TPSA) is 27.8 Å². The molecule has 16 heavy (non-hydrogen) atoms. The zero-order valence-electron chi connectivity index (χ0n) is 9.93. The molecule has 1 atom stereocenters. The Morgan fingerprint density at radius 2 is 2.25 bits per heavy atom. The highest BCUT2D eigenvalue weighted by Crippen LogP contribution is 2.35. The van der Waals surface area contributed by atoms with Crippen LogP contribution < -0.4 is 5.32 Å². The van der Waals surface area contributed by atoms with Crippen LogP contribution in [0.1, 0.15) is 35.7 Å². The average molecular weight is 214 g/mol. The molecule has 0 saturated heterocycles. The van der Waals surface area contributed by atoms with Gasteiger partial charge in [-0.05, 0) is 44.4 Å². The van der Waals surface area contributed by atoms with Gasteiger partial charge >= 0.3 is 0 Å². The van der Waals surface area contributed by atoms with E-state index in [-0.39, 0.29) is 0 Å². The van der Waals surface area contributed by atoms with Crippen molar-refractivity contribution in [3.05, 3.63) is 35.0 Å². The maximum atomic E-state index is 3.62. The number of fused-ring (bicyclic) bond motifs is 3. The molecule has 1 unspecified atom stereocenters. The van der Waals surface area contributed by atoms with Crippen molar-refractivity contribution in [2.75, 3.05) is 7.05 Å². The molecule has 1 heterocycles. The molecule has 1 aromatic carbocycles. The monoisotopic (exact) mass is 214 g/mol. The van der Waals surface area contributed by atoms with Crippen molar-refractivity contribution in [1.29, 1.82) is 0 Å². The van der Waals surface area contributed by atoms with E-state index >= 15 is 0 Å². The molecule has 0 aliphatic heterocycles. The molecule has 2 heteroatoms. The van der Waals surface area contributed by atoms with Crippen LogP contribution in [-0.2, 0) is 6.42 Å². The summed E-state index contributed by atoms with van der Waals surface area (Å²) in [4.78, 5) is 3.62. The second-order valence-electron chi connectivity index (χ2n) is 4.75. The lowest BCUT2D eigenvalue weighted by Gasteiger charge is -2.21. The Morgan fingerprint density at radius 1 is 1.38 bits per heavy atom. The van der Waals surface area contributed by atoms with Gasteiger partial charge in [0.05, 0.1) is 0 Å². The fraction of sp³-hybridized carbons (Fsp3) is 0.429. The van der Waals surface area contributed by atoms with E-state index in [2.05, 4.69) is 42.5 Å². The summed E-state index contributed by atoms with van der Waals surface area (Å²) in [5, 5.41) is 4.84. The summed E-state index contributed by atoms with van der Waals surface area (Å²) < 4.78 is 0. The largest absolute Gasteiger partial charge is 0.357 e.